The van der Waals surface area contributed by atoms with E-state index in [9.17, 15) is 19.7 Å². The van der Waals surface area contributed by atoms with Crippen molar-refractivity contribution in [3.8, 4) is 5.75 Å². The van der Waals surface area contributed by atoms with Gasteiger partial charge in [0.25, 0.3) is 5.91 Å². The van der Waals surface area contributed by atoms with Crippen LogP contribution in [0.25, 0.3) is 0 Å². The molecule has 0 aromatic heterocycles. The second-order valence-electron chi connectivity index (χ2n) is 9.88. The van der Waals surface area contributed by atoms with Gasteiger partial charge in [0.05, 0.1) is 12.0 Å². The summed E-state index contributed by atoms with van der Waals surface area (Å²) in [5.41, 5.74) is 1.82. The van der Waals surface area contributed by atoms with Crippen LogP contribution in [-0.2, 0) is 11.3 Å². The summed E-state index contributed by atoms with van der Waals surface area (Å²) in [7, 11) is 1.58. The average molecular weight is 505 g/mol. The third kappa shape index (κ3) is 4.90. The maximum Gasteiger partial charge on any atom is 0.352 e. The summed E-state index contributed by atoms with van der Waals surface area (Å²) in [6.45, 7) is 2.18. The summed E-state index contributed by atoms with van der Waals surface area (Å²) < 4.78 is 5.18. The van der Waals surface area contributed by atoms with Crippen LogP contribution in [0.2, 0.25) is 0 Å². The molecule has 2 atom stereocenters. The van der Waals surface area contributed by atoms with Crippen LogP contribution in [0.4, 0.5) is 0 Å². The van der Waals surface area contributed by atoms with Crippen molar-refractivity contribution >= 4 is 11.8 Å². The van der Waals surface area contributed by atoms with E-state index in [2.05, 4.69) is 0 Å². The number of amides is 2. The molecule has 1 saturated heterocycles. The highest BCUT2D eigenvalue weighted by molar-refractivity contribution is 5.94. The summed E-state index contributed by atoms with van der Waals surface area (Å²) in [4.78, 5) is 44.0. The summed E-state index contributed by atoms with van der Waals surface area (Å²) in [6, 6.07) is 16.6. The molecule has 9 nitrogen and oxygen atoms in total. The normalized spacial score (nSPS) is 22.1. The quantitative estimate of drug-likeness (QED) is 0.441. The number of nitrogens with zero attached hydrogens (tertiary/aromatic N) is 4. The summed E-state index contributed by atoms with van der Waals surface area (Å²) in [6.07, 6.45) is 3.65. The van der Waals surface area contributed by atoms with Gasteiger partial charge in [-0.15, -0.1) is 0 Å². The van der Waals surface area contributed by atoms with Crippen molar-refractivity contribution in [3.05, 3.63) is 87.2 Å². The molecule has 2 aromatic rings. The minimum atomic E-state index is -0.497. The third-order valence-corrected chi connectivity index (χ3v) is 7.81. The van der Waals surface area contributed by atoms with E-state index in [-0.39, 0.29) is 23.6 Å². The molecule has 2 aromatic carbocycles. The van der Waals surface area contributed by atoms with E-state index in [1.807, 2.05) is 35.2 Å². The highest BCUT2D eigenvalue weighted by Crippen LogP contribution is 2.42. The zero-order chi connectivity index (χ0) is 25.9. The number of carbonyl (C=O) groups excluding carboxylic acids is 2. The van der Waals surface area contributed by atoms with Gasteiger partial charge >= 0.3 is 11.6 Å². The lowest BCUT2D eigenvalue weighted by molar-refractivity contribution is -0.424. The fourth-order valence-corrected chi connectivity index (χ4v) is 5.97. The molecule has 5 rings (SSSR count). The highest BCUT2D eigenvalue weighted by atomic mass is 16.6. The maximum absolute atomic E-state index is 13.6. The van der Waals surface area contributed by atoms with Gasteiger partial charge in [-0.2, -0.15) is 0 Å². The first-order valence-corrected chi connectivity index (χ1v) is 12.9. The lowest BCUT2D eigenvalue weighted by atomic mass is 9.77. The Kier molecular flexibility index (Phi) is 7.12. The molecule has 0 radical (unpaired) electrons. The molecule has 0 spiro atoms. The van der Waals surface area contributed by atoms with Crippen molar-refractivity contribution in [1.29, 1.82) is 0 Å². The van der Waals surface area contributed by atoms with Crippen LogP contribution in [0, 0.1) is 16.0 Å². The van der Waals surface area contributed by atoms with Gasteiger partial charge in [-0.25, -0.2) is 0 Å². The van der Waals surface area contributed by atoms with Crippen LogP contribution in [0.1, 0.15) is 41.6 Å². The van der Waals surface area contributed by atoms with Gasteiger partial charge in [0.15, 0.2) is 0 Å². The lowest BCUT2D eigenvalue weighted by Crippen LogP contribution is -2.57. The van der Waals surface area contributed by atoms with Gasteiger partial charge in [0, 0.05) is 50.2 Å². The Hall–Kier alpha value is -3.88. The number of methoxy groups -OCH3 is 1. The molecule has 2 amide bonds. The van der Waals surface area contributed by atoms with Crippen LogP contribution in [0.5, 0.6) is 5.75 Å². The summed E-state index contributed by atoms with van der Waals surface area (Å²) in [5, 5.41) is 12.3. The Balaban J connectivity index is 1.38. The molecule has 2 heterocycles. The highest BCUT2D eigenvalue weighted by Gasteiger charge is 2.50. The van der Waals surface area contributed by atoms with Crippen molar-refractivity contribution in [2.75, 3.05) is 33.3 Å². The van der Waals surface area contributed by atoms with Gasteiger partial charge in [-0.3, -0.25) is 19.7 Å². The Morgan fingerprint density at radius 3 is 2.32 bits per heavy atom. The monoisotopic (exact) mass is 504 g/mol. The van der Waals surface area contributed by atoms with E-state index >= 15 is 0 Å². The fraction of sp³-hybridized carbons (Fsp3) is 0.429. The van der Waals surface area contributed by atoms with Crippen LogP contribution in [0.3, 0.4) is 0 Å². The number of rotatable bonds is 6. The molecular weight excluding hydrogens is 472 g/mol. The van der Waals surface area contributed by atoms with E-state index in [0.29, 0.717) is 49.7 Å². The molecule has 2 unspecified atom stereocenters. The minimum absolute atomic E-state index is 0.0564. The first-order valence-electron chi connectivity index (χ1n) is 12.9. The first-order chi connectivity index (χ1) is 18.0. The van der Waals surface area contributed by atoms with E-state index in [1.54, 1.807) is 41.2 Å². The topological polar surface area (TPSA) is 96.2 Å². The number of hydrogen-bond acceptors (Lipinski definition) is 6. The molecule has 0 N–H and O–H groups in total. The Labute approximate surface area is 216 Å². The standard InChI is InChI=1S/C28H32N4O5/c1-37-22-13-11-21(12-14-22)27(33)30-17-15-29(16-18-30)25-23-9-5-6-10-24(23)31(28(34)26(25)32(35)36)19-20-7-3-2-4-8-20/h2-4,7-8,11-14,23-24H,5-6,9-10,15-19H2,1H3. The van der Waals surface area contributed by atoms with Crippen LogP contribution >= 0.6 is 0 Å². The molecular formula is C28H32N4O5. The number of benzene rings is 2. The maximum atomic E-state index is 13.6. The van der Waals surface area contributed by atoms with Gasteiger partial charge in [0.1, 0.15) is 11.4 Å². The zero-order valence-corrected chi connectivity index (χ0v) is 21.0. The number of nitro groups is 1. The summed E-state index contributed by atoms with van der Waals surface area (Å²) >= 11 is 0. The number of carbonyl (C=O) groups is 2. The van der Waals surface area contributed by atoms with Crippen LogP contribution in [-0.4, -0.2) is 70.8 Å². The predicted molar refractivity (Wildman–Crippen MR) is 137 cm³/mol. The molecule has 2 aliphatic heterocycles. The predicted octanol–water partition coefficient (Wildman–Crippen LogP) is 3.54. The number of piperazine rings is 1. The average Bonchev–Trinajstić information content (AvgIpc) is 2.94. The van der Waals surface area contributed by atoms with E-state index in [4.69, 9.17) is 4.74 Å². The lowest BCUT2D eigenvalue weighted by Gasteiger charge is -2.47. The number of hydrogen-bond donors (Lipinski definition) is 0. The van der Waals surface area contributed by atoms with Crippen LogP contribution in [0.15, 0.2) is 66.0 Å². The summed E-state index contributed by atoms with van der Waals surface area (Å²) in [5.74, 6) is 0.0455. The van der Waals surface area contributed by atoms with Crippen molar-refractivity contribution in [3.63, 3.8) is 0 Å². The molecule has 1 saturated carbocycles. The SMILES string of the molecule is COc1ccc(C(=O)N2CCN(C3=C([N+](=O)[O-])C(=O)N(Cc4ccccc4)C4CCCCC34)CC2)cc1. The molecule has 3 aliphatic rings. The van der Waals surface area contributed by atoms with Crippen molar-refractivity contribution in [2.24, 2.45) is 5.92 Å². The minimum Gasteiger partial charge on any atom is -0.497 e. The molecule has 1 aliphatic carbocycles. The molecule has 2 fully saturated rings. The Morgan fingerprint density at radius 2 is 1.68 bits per heavy atom. The van der Waals surface area contributed by atoms with Crippen molar-refractivity contribution in [1.82, 2.24) is 14.7 Å². The number of ether oxygens (including phenoxy) is 1. The fourth-order valence-electron chi connectivity index (χ4n) is 5.97. The second-order valence-corrected chi connectivity index (χ2v) is 9.88. The molecule has 194 valence electrons. The van der Waals surface area contributed by atoms with Gasteiger partial charge in [-0.1, -0.05) is 43.2 Å². The third-order valence-electron chi connectivity index (χ3n) is 7.81. The second kappa shape index (κ2) is 10.6. The van der Waals surface area contributed by atoms with Crippen molar-refractivity contribution < 1.29 is 19.2 Å². The van der Waals surface area contributed by atoms with Gasteiger partial charge in [-0.05, 0) is 42.7 Å². The molecule has 37 heavy (non-hydrogen) atoms. The zero-order valence-electron chi connectivity index (χ0n) is 21.0. The molecule has 0 bridgehead atoms. The number of fused-ring (bicyclic) bond motifs is 1. The van der Waals surface area contributed by atoms with Gasteiger partial charge < -0.3 is 19.4 Å². The largest absolute Gasteiger partial charge is 0.497 e. The smallest absolute Gasteiger partial charge is 0.352 e. The molecule has 9 heteroatoms. The van der Waals surface area contributed by atoms with Crippen LogP contribution < -0.4 is 4.74 Å². The van der Waals surface area contributed by atoms with E-state index < -0.39 is 10.8 Å². The Morgan fingerprint density at radius 1 is 1.00 bits per heavy atom. The Bertz CT molecular complexity index is 1190. The van der Waals surface area contributed by atoms with E-state index in [1.165, 1.54) is 0 Å². The van der Waals surface area contributed by atoms with Crippen molar-refractivity contribution in [2.45, 2.75) is 38.3 Å². The van der Waals surface area contributed by atoms with Gasteiger partial charge in [0.2, 0.25) is 0 Å². The first kappa shape index (κ1) is 24.8. The van der Waals surface area contributed by atoms with E-state index in [0.717, 1.165) is 31.2 Å².